The summed E-state index contributed by atoms with van der Waals surface area (Å²) in [6, 6.07) is 11.8. The van der Waals surface area contributed by atoms with E-state index in [2.05, 4.69) is 0 Å². The van der Waals surface area contributed by atoms with Crippen LogP contribution in [0.2, 0.25) is 0 Å². The number of hydrogen-bond donors (Lipinski definition) is 2. The quantitative estimate of drug-likeness (QED) is 0.443. The fourth-order valence-electron chi connectivity index (χ4n) is 4.39. The molecule has 2 rings (SSSR count). The number of aromatic hydroxyl groups is 1. The van der Waals surface area contributed by atoms with Crippen molar-refractivity contribution in [3.63, 3.8) is 0 Å². The summed E-state index contributed by atoms with van der Waals surface area (Å²) in [6.45, 7) is 9.33. The molecular formula is C29H41N3O7S. The van der Waals surface area contributed by atoms with E-state index < -0.39 is 45.4 Å². The normalized spacial score (nSPS) is 13.3. The lowest BCUT2D eigenvalue weighted by Crippen LogP contribution is -2.57. The second kappa shape index (κ2) is 13.2. The Hall–Kier alpha value is -3.60. The Morgan fingerprint density at radius 1 is 0.975 bits per heavy atom. The van der Waals surface area contributed by atoms with Gasteiger partial charge in [0.1, 0.15) is 24.4 Å². The van der Waals surface area contributed by atoms with Crippen LogP contribution in [0.3, 0.4) is 0 Å². The minimum atomic E-state index is -3.92. The average Bonchev–Trinajstić information content (AvgIpc) is 2.84. The third-order valence-electron chi connectivity index (χ3n) is 6.50. The first-order chi connectivity index (χ1) is 18.4. The number of nitrogens with zero attached hydrogens (tertiary/aromatic N) is 2. The predicted octanol–water partition coefficient (Wildman–Crippen LogP) is 3.43. The number of carbonyl (C=O) groups excluding carboxylic acids is 3. The number of phenols is 1. The molecule has 2 N–H and O–H groups in total. The number of carbonyl (C=O) groups is 3. The zero-order valence-corrected chi connectivity index (χ0v) is 25.3. The summed E-state index contributed by atoms with van der Waals surface area (Å²) in [5, 5.41) is 10.4. The molecule has 0 aliphatic rings. The van der Waals surface area contributed by atoms with Crippen LogP contribution in [0.15, 0.2) is 48.5 Å². The van der Waals surface area contributed by atoms with E-state index in [4.69, 9.17) is 4.74 Å². The highest BCUT2D eigenvalue weighted by Crippen LogP contribution is 2.32. The van der Waals surface area contributed by atoms with Gasteiger partial charge in [-0.25, -0.2) is 13.2 Å². The lowest BCUT2D eigenvalue weighted by Gasteiger charge is -2.35. The second-order valence-electron chi connectivity index (χ2n) is 11.3. The van der Waals surface area contributed by atoms with E-state index in [1.165, 1.54) is 25.1 Å². The van der Waals surface area contributed by atoms with E-state index in [0.717, 1.165) is 16.7 Å². The fourth-order valence-corrected chi connectivity index (χ4v) is 4.89. The zero-order chi connectivity index (χ0) is 30.4. The average molecular weight is 576 g/mol. The van der Waals surface area contributed by atoms with E-state index in [1.54, 1.807) is 26.0 Å². The Morgan fingerprint density at radius 3 is 2.10 bits per heavy atom. The summed E-state index contributed by atoms with van der Waals surface area (Å²) in [4.78, 5) is 42.2. The Labute approximate surface area is 237 Å². The maximum Gasteiger partial charge on any atom is 0.410 e. The van der Waals surface area contributed by atoms with Gasteiger partial charge in [0, 0.05) is 20.5 Å². The molecule has 2 atom stereocenters. The minimum Gasteiger partial charge on any atom is -0.508 e. The summed E-state index contributed by atoms with van der Waals surface area (Å²) >= 11 is 0. The number of benzene rings is 2. The van der Waals surface area contributed by atoms with Gasteiger partial charge in [-0.2, -0.15) is 0 Å². The summed E-state index contributed by atoms with van der Waals surface area (Å²) in [7, 11) is -1.07. The fraction of sp³-hybridized carbons (Fsp3) is 0.483. The molecule has 2 aromatic carbocycles. The lowest BCUT2D eigenvalue weighted by molar-refractivity contribution is -0.143. The molecule has 0 heterocycles. The molecule has 0 saturated heterocycles. The van der Waals surface area contributed by atoms with Crippen LogP contribution in [0.5, 0.6) is 5.75 Å². The largest absolute Gasteiger partial charge is 0.508 e. The van der Waals surface area contributed by atoms with Gasteiger partial charge in [-0.3, -0.25) is 19.2 Å². The highest BCUT2D eigenvalue weighted by atomic mass is 32.2. The predicted molar refractivity (Wildman–Crippen MR) is 153 cm³/mol. The van der Waals surface area contributed by atoms with Crippen LogP contribution in [-0.4, -0.2) is 73.7 Å². The molecule has 0 bridgehead atoms. The number of likely N-dealkylation sites (N-methyl/N-ethyl adjacent to an activating group) is 2. The summed E-state index contributed by atoms with van der Waals surface area (Å²) in [6.07, 6.45) is 0.116. The van der Waals surface area contributed by atoms with Crippen molar-refractivity contribution in [2.75, 3.05) is 20.4 Å². The topological polar surface area (TPSA) is 133 Å². The highest BCUT2D eigenvalue weighted by Gasteiger charge is 2.38. The van der Waals surface area contributed by atoms with Crippen LogP contribution in [0.4, 0.5) is 4.79 Å². The molecule has 0 unspecified atom stereocenters. The molecule has 10 nitrogen and oxygen atoms in total. The van der Waals surface area contributed by atoms with Crippen LogP contribution in [0, 0.1) is 5.92 Å². The molecule has 0 spiro atoms. The van der Waals surface area contributed by atoms with Crippen LogP contribution in [0.25, 0.3) is 0 Å². The molecule has 0 aliphatic heterocycles. The van der Waals surface area contributed by atoms with Crippen molar-refractivity contribution in [1.29, 1.82) is 0 Å². The Bertz CT molecular complexity index is 1300. The number of nitrogens with one attached hydrogen (secondary N) is 1. The van der Waals surface area contributed by atoms with Crippen LogP contribution in [-0.2, 0) is 42.8 Å². The van der Waals surface area contributed by atoms with Crippen molar-refractivity contribution in [3.05, 3.63) is 65.2 Å². The Balaban J connectivity index is 2.37. The van der Waals surface area contributed by atoms with E-state index in [-0.39, 0.29) is 24.7 Å². The summed E-state index contributed by atoms with van der Waals surface area (Å²) in [5.74, 6) is -1.71. The molecule has 0 aromatic heterocycles. The van der Waals surface area contributed by atoms with Crippen molar-refractivity contribution in [2.24, 2.45) is 5.92 Å². The number of ether oxygens (including phenoxy) is 1. The Kier molecular flexibility index (Phi) is 10.7. The van der Waals surface area contributed by atoms with E-state index in [1.807, 2.05) is 55.8 Å². The number of hydrogen-bond acceptors (Lipinski definition) is 7. The summed E-state index contributed by atoms with van der Waals surface area (Å²) in [5.41, 5.74) is 1.64. The molecular weight excluding hydrogens is 534 g/mol. The monoisotopic (exact) mass is 575 g/mol. The summed E-state index contributed by atoms with van der Waals surface area (Å²) < 4.78 is 31.2. The van der Waals surface area contributed by atoms with Crippen LogP contribution in [0.1, 0.15) is 51.3 Å². The van der Waals surface area contributed by atoms with Gasteiger partial charge in [-0.1, -0.05) is 77.1 Å². The minimum absolute atomic E-state index is 0.0230. The van der Waals surface area contributed by atoms with Crippen molar-refractivity contribution < 1.29 is 32.6 Å². The molecule has 40 heavy (non-hydrogen) atoms. The molecule has 0 fully saturated rings. The van der Waals surface area contributed by atoms with Gasteiger partial charge in [0.2, 0.25) is 15.9 Å². The van der Waals surface area contributed by atoms with Crippen LogP contribution >= 0.6 is 0 Å². The second-order valence-corrected chi connectivity index (χ2v) is 13.1. The number of amides is 3. The first-order valence-corrected chi connectivity index (χ1v) is 14.9. The molecule has 2 aromatic rings. The standard InChI is InChI=1S/C29H41N3O7S/c1-19(2)25(32(7)28(36)39-18-20-12-10-9-11-13-20)27(35)31(6)23(26(34)30-40(8,37)38)17-21-14-15-24(33)22(16-21)29(3,4)5/h9-16,19,23,25,33H,17-18H2,1-8H3,(H,30,34)/t23-,25-/m0/s1. The molecule has 11 heteroatoms. The first-order valence-electron chi connectivity index (χ1n) is 13.0. The van der Waals surface area contributed by atoms with Crippen LogP contribution < -0.4 is 4.72 Å². The third kappa shape index (κ3) is 8.97. The third-order valence-corrected chi connectivity index (χ3v) is 7.07. The zero-order valence-electron chi connectivity index (χ0n) is 24.5. The maximum absolute atomic E-state index is 13.8. The van der Waals surface area contributed by atoms with Gasteiger partial charge in [0.15, 0.2) is 0 Å². The van der Waals surface area contributed by atoms with E-state index in [9.17, 15) is 27.9 Å². The van der Waals surface area contributed by atoms with E-state index >= 15 is 0 Å². The first kappa shape index (κ1) is 32.6. The molecule has 0 aliphatic carbocycles. The van der Waals surface area contributed by atoms with Gasteiger partial charge < -0.3 is 14.7 Å². The van der Waals surface area contributed by atoms with Gasteiger partial charge in [0.25, 0.3) is 5.91 Å². The smallest absolute Gasteiger partial charge is 0.410 e. The Morgan fingerprint density at radius 2 is 1.57 bits per heavy atom. The van der Waals surface area contributed by atoms with Crippen molar-refractivity contribution >= 4 is 27.9 Å². The van der Waals surface area contributed by atoms with Crippen molar-refractivity contribution in [2.45, 2.75) is 65.1 Å². The van der Waals surface area contributed by atoms with Gasteiger partial charge >= 0.3 is 6.09 Å². The number of phenolic OH excluding ortho intramolecular Hbond substituents is 1. The molecule has 3 amide bonds. The SMILES string of the molecule is CC(C)[C@@H](C(=O)N(C)[C@@H](Cc1ccc(O)c(C(C)(C)C)c1)C(=O)NS(C)(=O)=O)N(C)C(=O)OCc1ccccc1. The highest BCUT2D eigenvalue weighted by molar-refractivity contribution is 7.89. The number of sulfonamides is 1. The lowest BCUT2D eigenvalue weighted by atomic mass is 9.84. The van der Waals surface area contributed by atoms with Gasteiger partial charge in [-0.05, 0) is 34.1 Å². The van der Waals surface area contributed by atoms with Crippen molar-refractivity contribution in [1.82, 2.24) is 14.5 Å². The molecule has 0 saturated carbocycles. The maximum atomic E-state index is 13.8. The van der Waals surface area contributed by atoms with Crippen molar-refractivity contribution in [3.8, 4) is 5.75 Å². The molecule has 0 radical (unpaired) electrons. The molecule has 220 valence electrons. The van der Waals surface area contributed by atoms with Gasteiger partial charge in [-0.15, -0.1) is 0 Å². The van der Waals surface area contributed by atoms with E-state index in [0.29, 0.717) is 11.1 Å². The van der Waals surface area contributed by atoms with Gasteiger partial charge in [0.05, 0.1) is 6.26 Å². The number of rotatable bonds is 10.